The van der Waals surface area contributed by atoms with E-state index in [1.807, 2.05) is 18.2 Å². The molecule has 1 aromatic heterocycles. The molecule has 94 valence electrons. The second-order valence-electron chi connectivity index (χ2n) is 5.12. The van der Waals surface area contributed by atoms with Crippen LogP contribution in [0.3, 0.4) is 0 Å². The Bertz CT molecular complexity index is 495. The van der Waals surface area contributed by atoms with Crippen LogP contribution >= 0.6 is 0 Å². The molecule has 1 heterocycles. The molecule has 1 fully saturated rings. The van der Waals surface area contributed by atoms with Crippen molar-refractivity contribution in [2.45, 2.75) is 37.8 Å². The molecular weight excluding hydrogens is 222 g/mol. The Hall–Kier alpha value is -1.61. The van der Waals surface area contributed by atoms with E-state index in [4.69, 9.17) is 10.8 Å². The Balaban J connectivity index is 1.78. The predicted molar refractivity (Wildman–Crippen MR) is 73.1 cm³/mol. The molecular formula is C15H19N3. The van der Waals surface area contributed by atoms with Crippen LogP contribution in [-0.2, 0) is 0 Å². The van der Waals surface area contributed by atoms with Crippen molar-refractivity contribution >= 4 is 0 Å². The van der Waals surface area contributed by atoms with Crippen molar-refractivity contribution in [3.8, 4) is 11.3 Å². The van der Waals surface area contributed by atoms with Crippen molar-refractivity contribution in [3.05, 3.63) is 42.6 Å². The van der Waals surface area contributed by atoms with Crippen molar-refractivity contribution in [1.82, 2.24) is 9.78 Å². The highest BCUT2D eigenvalue weighted by atomic mass is 15.3. The zero-order chi connectivity index (χ0) is 12.4. The first-order valence-corrected chi connectivity index (χ1v) is 6.69. The highest BCUT2D eigenvalue weighted by Crippen LogP contribution is 2.28. The maximum absolute atomic E-state index is 5.94. The van der Waals surface area contributed by atoms with Gasteiger partial charge in [-0.3, -0.25) is 4.68 Å². The fraction of sp³-hybridized carbons (Fsp3) is 0.400. The van der Waals surface area contributed by atoms with Gasteiger partial charge in [-0.2, -0.15) is 5.10 Å². The molecule has 3 nitrogen and oxygen atoms in total. The van der Waals surface area contributed by atoms with Gasteiger partial charge in [0, 0.05) is 17.8 Å². The molecule has 1 aromatic carbocycles. The minimum Gasteiger partial charge on any atom is -0.328 e. The van der Waals surface area contributed by atoms with Gasteiger partial charge in [-0.25, -0.2) is 0 Å². The van der Waals surface area contributed by atoms with E-state index in [-0.39, 0.29) is 0 Å². The first-order chi connectivity index (χ1) is 8.83. The zero-order valence-electron chi connectivity index (χ0n) is 10.5. The fourth-order valence-electron chi connectivity index (χ4n) is 2.67. The van der Waals surface area contributed by atoms with Crippen LogP contribution in [0.15, 0.2) is 42.6 Å². The largest absolute Gasteiger partial charge is 0.328 e. The van der Waals surface area contributed by atoms with Gasteiger partial charge < -0.3 is 5.73 Å². The third-order valence-corrected chi connectivity index (χ3v) is 3.79. The number of nitrogens with zero attached hydrogens (tertiary/aromatic N) is 2. The third kappa shape index (κ3) is 2.31. The van der Waals surface area contributed by atoms with Crippen LogP contribution in [-0.4, -0.2) is 15.8 Å². The number of hydrogen-bond donors (Lipinski definition) is 1. The molecule has 0 bridgehead atoms. The molecule has 0 saturated heterocycles. The molecule has 0 unspecified atom stereocenters. The molecule has 1 aliphatic carbocycles. The van der Waals surface area contributed by atoms with Crippen LogP contribution in [0.25, 0.3) is 11.3 Å². The lowest BCUT2D eigenvalue weighted by atomic mass is 9.92. The Morgan fingerprint density at radius 2 is 1.72 bits per heavy atom. The highest BCUT2D eigenvalue weighted by Gasteiger charge is 2.20. The highest BCUT2D eigenvalue weighted by molar-refractivity contribution is 5.57. The Labute approximate surface area is 108 Å². The number of nitrogens with two attached hydrogens (primary N) is 1. The molecule has 1 saturated carbocycles. The van der Waals surface area contributed by atoms with Crippen LogP contribution in [0.1, 0.15) is 31.7 Å². The molecule has 0 atom stereocenters. The second-order valence-corrected chi connectivity index (χ2v) is 5.12. The molecule has 0 radical (unpaired) electrons. The number of hydrogen-bond acceptors (Lipinski definition) is 2. The lowest BCUT2D eigenvalue weighted by molar-refractivity contribution is 0.305. The molecule has 0 amide bonds. The molecule has 1 aliphatic rings. The quantitative estimate of drug-likeness (QED) is 0.878. The van der Waals surface area contributed by atoms with Crippen LogP contribution in [0.5, 0.6) is 0 Å². The molecule has 0 spiro atoms. The number of benzene rings is 1. The summed E-state index contributed by atoms with van der Waals surface area (Å²) in [4.78, 5) is 0. The van der Waals surface area contributed by atoms with Crippen molar-refractivity contribution < 1.29 is 0 Å². The van der Waals surface area contributed by atoms with Crippen molar-refractivity contribution in [2.24, 2.45) is 5.73 Å². The Morgan fingerprint density at radius 1 is 1.00 bits per heavy atom. The Morgan fingerprint density at radius 3 is 2.44 bits per heavy atom. The van der Waals surface area contributed by atoms with Gasteiger partial charge in [0.2, 0.25) is 0 Å². The number of aromatic nitrogens is 2. The third-order valence-electron chi connectivity index (χ3n) is 3.79. The normalized spacial score (nSPS) is 24.1. The van der Waals surface area contributed by atoms with Crippen LogP contribution in [0.4, 0.5) is 0 Å². The van der Waals surface area contributed by atoms with Crippen LogP contribution in [0, 0.1) is 0 Å². The summed E-state index contributed by atoms with van der Waals surface area (Å²) in [6.07, 6.45) is 6.63. The minimum absolute atomic E-state index is 0.394. The summed E-state index contributed by atoms with van der Waals surface area (Å²) < 4.78 is 2.12. The van der Waals surface area contributed by atoms with Crippen LogP contribution in [0.2, 0.25) is 0 Å². The average molecular weight is 241 g/mol. The minimum atomic E-state index is 0.394. The second kappa shape index (κ2) is 4.94. The zero-order valence-corrected chi connectivity index (χ0v) is 10.5. The Kier molecular flexibility index (Phi) is 3.15. The molecule has 3 heteroatoms. The molecule has 3 rings (SSSR count). The lowest BCUT2D eigenvalue weighted by Gasteiger charge is -2.26. The summed E-state index contributed by atoms with van der Waals surface area (Å²) in [7, 11) is 0. The van der Waals surface area contributed by atoms with Crippen molar-refractivity contribution in [1.29, 1.82) is 0 Å². The van der Waals surface area contributed by atoms with Gasteiger partial charge in [-0.05, 0) is 31.7 Å². The standard InChI is InChI=1S/C15H19N3/c16-13-6-8-14(9-7-13)18-11-10-15(17-18)12-4-2-1-3-5-12/h1-5,10-11,13-14H,6-9,16H2. The van der Waals surface area contributed by atoms with Gasteiger partial charge >= 0.3 is 0 Å². The van der Waals surface area contributed by atoms with E-state index in [0.717, 1.165) is 31.4 Å². The van der Waals surface area contributed by atoms with Crippen molar-refractivity contribution in [3.63, 3.8) is 0 Å². The summed E-state index contributed by atoms with van der Waals surface area (Å²) in [5.41, 5.74) is 8.19. The van der Waals surface area contributed by atoms with Gasteiger partial charge in [0.05, 0.1) is 11.7 Å². The van der Waals surface area contributed by atoms with E-state index in [0.29, 0.717) is 12.1 Å². The van der Waals surface area contributed by atoms with E-state index >= 15 is 0 Å². The summed E-state index contributed by atoms with van der Waals surface area (Å²) in [6, 6.07) is 13.4. The van der Waals surface area contributed by atoms with Gasteiger partial charge in [-0.1, -0.05) is 30.3 Å². The molecule has 2 N–H and O–H groups in total. The SMILES string of the molecule is NC1CCC(n2ccc(-c3ccccc3)n2)CC1. The van der Waals surface area contributed by atoms with E-state index in [9.17, 15) is 0 Å². The summed E-state index contributed by atoms with van der Waals surface area (Å²) >= 11 is 0. The van der Waals surface area contributed by atoms with E-state index in [1.165, 1.54) is 5.56 Å². The first kappa shape index (κ1) is 11.5. The summed E-state index contributed by atoms with van der Waals surface area (Å²) in [5, 5.41) is 4.71. The van der Waals surface area contributed by atoms with E-state index < -0.39 is 0 Å². The smallest absolute Gasteiger partial charge is 0.0923 e. The van der Waals surface area contributed by atoms with Gasteiger partial charge in [0.25, 0.3) is 0 Å². The first-order valence-electron chi connectivity index (χ1n) is 6.69. The van der Waals surface area contributed by atoms with Gasteiger partial charge in [0.15, 0.2) is 0 Å². The topological polar surface area (TPSA) is 43.8 Å². The van der Waals surface area contributed by atoms with Crippen molar-refractivity contribution in [2.75, 3.05) is 0 Å². The average Bonchev–Trinajstić information content (AvgIpc) is 2.90. The fourth-order valence-corrected chi connectivity index (χ4v) is 2.67. The maximum atomic E-state index is 5.94. The lowest BCUT2D eigenvalue weighted by Crippen LogP contribution is -2.28. The van der Waals surface area contributed by atoms with Gasteiger partial charge in [-0.15, -0.1) is 0 Å². The van der Waals surface area contributed by atoms with E-state index in [1.54, 1.807) is 0 Å². The monoisotopic (exact) mass is 241 g/mol. The van der Waals surface area contributed by atoms with E-state index in [2.05, 4.69) is 29.1 Å². The summed E-state index contributed by atoms with van der Waals surface area (Å²) in [6.45, 7) is 0. The maximum Gasteiger partial charge on any atom is 0.0923 e. The van der Waals surface area contributed by atoms with Crippen LogP contribution < -0.4 is 5.73 Å². The van der Waals surface area contributed by atoms with Gasteiger partial charge in [0.1, 0.15) is 0 Å². The predicted octanol–water partition coefficient (Wildman–Crippen LogP) is 2.99. The molecule has 2 aromatic rings. The summed E-state index contributed by atoms with van der Waals surface area (Å²) in [5.74, 6) is 0. The molecule has 0 aliphatic heterocycles. The molecule has 18 heavy (non-hydrogen) atoms. The number of rotatable bonds is 2.